The second-order valence-electron chi connectivity index (χ2n) is 2.63. The Morgan fingerprint density at radius 1 is 1.27 bits per heavy atom. The highest BCUT2D eigenvalue weighted by molar-refractivity contribution is 6.19. The second kappa shape index (κ2) is 2.28. The summed E-state index contributed by atoms with van der Waals surface area (Å²) in [5.74, 6) is 0. The summed E-state index contributed by atoms with van der Waals surface area (Å²) in [6, 6.07) is 10.1. The summed E-state index contributed by atoms with van der Waals surface area (Å²) in [4.78, 5) is 0. The molecule has 1 aromatic heterocycles. The summed E-state index contributed by atoms with van der Waals surface area (Å²) in [6.45, 7) is 1.99. The molecule has 0 fully saturated rings. The van der Waals surface area contributed by atoms with Crippen molar-refractivity contribution in [2.45, 2.75) is 6.92 Å². The highest BCUT2D eigenvalue weighted by atomic mass is 35.5. The average molecular weight is 166 g/mol. The van der Waals surface area contributed by atoms with Crippen LogP contribution < -0.4 is 0 Å². The van der Waals surface area contributed by atoms with E-state index in [1.165, 1.54) is 5.39 Å². The third kappa shape index (κ3) is 0.925. The molecule has 56 valence electrons. The summed E-state index contributed by atoms with van der Waals surface area (Å²) >= 11 is 5.96. The molecule has 0 aliphatic heterocycles. The lowest BCUT2D eigenvalue weighted by Gasteiger charge is -1.92. The zero-order chi connectivity index (χ0) is 7.84. The number of rotatable bonds is 0. The first-order valence-electron chi connectivity index (χ1n) is 3.52. The molecule has 0 atom stereocenters. The van der Waals surface area contributed by atoms with Crippen LogP contribution in [0.25, 0.3) is 10.9 Å². The first kappa shape index (κ1) is 6.74. The maximum absolute atomic E-state index is 5.96. The molecule has 0 bridgehead atoms. The third-order valence-electron chi connectivity index (χ3n) is 1.82. The van der Waals surface area contributed by atoms with E-state index < -0.39 is 0 Å². The van der Waals surface area contributed by atoms with Gasteiger partial charge in [-0.05, 0) is 19.1 Å². The molecule has 0 radical (unpaired) electrons. The van der Waals surface area contributed by atoms with E-state index in [2.05, 4.69) is 12.1 Å². The molecule has 0 aliphatic carbocycles. The van der Waals surface area contributed by atoms with Crippen molar-refractivity contribution in [3.05, 3.63) is 36.0 Å². The van der Waals surface area contributed by atoms with Crippen molar-refractivity contribution in [1.82, 2.24) is 4.09 Å². The molecule has 0 amide bonds. The predicted molar refractivity (Wildman–Crippen MR) is 47.9 cm³/mol. The van der Waals surface area contributed by atoms with Crippen LogP contribution in [-0.2, 0) is 0 Å². The van der Waals surface area contributed by atoms with E-state index >= 15 is 0 Å². The summed E-state index contributed by atoms with van der Waals surface area (Å²) in [5, 5.41) is 1.19. The number of fused-ring (bicyclic) bond motifs is 1. The Hall–Kier alpha value is -0.950. The van der Waals surface area contributed by atoms with E-state index in [1.54, 1.807) is 4.09 Å². The Bertz CT molecular complexity index is 389. The zero-order valence-electron chi connectivity index (χ0n) is 6.21. The molecule has 0 saturated carbocycles. The first-order valence-corrected chi connectivity index (χ1v) is 3.86. The number of hydrogen-bond acceptors (Lipinski definition) is 0. The van der Waals surface area contributed by atoms with Crippen molar-refractivity contribution in [2.24, 2.45) is 0 Å². The van der Waals surface area contributed by atoms with Gasteiger partial charge in [-0.1, -0.05) is 18.2 Å². The van der Waals surface area contributed by atoms with Crippen LogP contribution in [0.2, 0.25) is 0 Å². The van der Waals surface area contributed by atoms with Crippen molar-refractivity contribution < 1.29 is 0 Å². The topological polar surface area (TPSA) is 4.93 Å². The van der Waals surface area contributed by atoms with E-state index in [-0.39, 0.29) is 0 Å². The Labute approximate surface area is 70.3 Å². The van der Waals surface area contributed by atoms with Crippen molar-refractivity contribution in [1.29, 1.82) is 0 Å². The van der Waals surface area contributed by atoms with Crippen molar-refractivity contribution in [3.63, 3.8) is 0 Å². The molecule has 11 heavy (non-hydrogen) atoms. The van der Waals surface area contributed by atoms with Crippen LogP contribution in [0.3, 0.4) is 0 Å². The molecule has 0 saturated heterocycles. The van der Waals surface area contributed by atoms with Gasteiger partial charge < -0.3 is 0 Å². The Morgan fingerprint density at radius 3 is 2.73 bits per heavy atom. The lowest BCUT2D eigenvalue weighted by Crippen LogP contribution is -1.79. The number of benzene rings is 1. The summed E-state index contributed by atoms with van der Waals surface area (Å²) < 4.78 is 1.68. The van der Waals surface area contributed by atoms with E-state index in [0.717, 1.165) is 11.2 Å². The molecule has 1 nitrogen and oxygen atoms in total. The van der Waals surface area contributed by atoms with Crippen LogP contribution in [0, 0.1) is 6.92 Å². The molecule has 0 spiro atoms. The predicted octanol–water partition coefficient (Wildman–Crippen LogP) is 2.95. The normalized spacial score (nSPS) is 10.7. The van der Waals surface area contributed by atoms with Crippen molar-refractivity contribution in [2.75, 3.05) is 0 Å². The van der Waals surface area contributed by atoms with Crippen LogP contribution in [0.1, 0.15) is 5.69 Å². The van der Waals surface area contributed by atoms with Gasteiger partial charge in [-0.2, -0.15) is 0 Å². The zero-order valence-corrected chi connectivity index (χ0v) is 6.97. The lowest BCUT2D eigenvalue weighted by atomic mass is 10.2. The molecule has 0 unspecified atom stereocenters. The number of nitrogens with zero attached hydrogens (tertiary/aromatic N) is 1. The highest BCUT2D eigenvalue weighted by Crippen LogP contribution is 2.19. The van der Waals surface area contributed by atoms with Gasteiger partial charge in [-0.3, -0.25) is 4.09 Å². The monoisotopic (exact) mass is 165 g/mol. The summed E-state index contributed by atoms with van der Waals surface area (Å²) in [6.07, 6.45) is 0. The number of hydrogen-bond donors (Lipinski definition) is 0. The summed E-state index contributed by atoms with van der Waals surface area (Å²) in [7, 11) is 0. The molecular formula is C9H8ClN. The van der Waals surface area contributed by atoms with Gasteiger partial charge in [0.1, 0.15) is 0 Å². The molecular weight excluding hydrogens is 158 g/mol. The van der Waals surface area contributed by atoms with Gasteiger partial charge >= 0.3 is 0 Å². The molecule has 0 N–H and O–H groups in total. The number of halogens is 1. The van der Waals surface area contributed by atoms with Gasteiger partial charge in [-0.25, -0.2) is 0 Å². The van der Waals surface area contributed by atoms with Gasteiger partial charge in [-0.15, -0.1) is 0 Å². The Balaban J connectivity index is 2.92. The van der Waals surface area contributed by atoms with Gasteiger partial charge in [0.2, 0.25) is 0 Å². The van der Waals surface area contributed by atoms with E-state index in [1.807, 2.05) is 25.1 Å². The SMILES string of the molecule is Cc1cc2ccccc2n1Cl. The minimum absolute atomic E-state index is 1.08. The van der Waals surface area contributed by atoms with Gasteiger partial charge in [0.05, 0.1) is 5.52 Å². The van der Waals surface area contributed by atoms with Crippen molar-refractivity contribution >= 4 is 22.7 Å². The molecule has 2 aromatic rings. The average Bonchev–Trinajstić information content (AvgIpc) is 2.30. The van der Waals surface area contributed by atoms with Gasteiger partial charge in [0, 0.05) is 22.9 Å². The summed E-state index contributed by atoms with van der Waals surface area (Å²) in [5.41, 5.74) is 2.15. The maximum Gasteiger partial charge on any atom is 0.0650 e. The Morgan fingerprint density at radius 2 is 2.00 bits per heavy atom. The highest BCUT2D eigenvalue weighted by Gasteiger charge is 2.00. The second-order valence-corrected chi connectivity index (χ2v) is 2.96. The number of aromatic nitrogens is 1. The minimum atomic E-state index is 1.08. The van der Waals surface area contributed by atoms with Crippen LogP contribution in [0.5, 0.6) is 0 Å². The smallest absolute Gasteiger partial charge is 0.0650 e. The fraction of sp³-hybridized carbons (Fsp3) is 0.111. The fourth-order valence-electron chi connectivity index (χ4n) is 1.26. The Kier molecular flexibility index (Phi) is 1.40. The molecule has 0 aliphatic rings. The van der Waals surface area contributed by atoms with Gasteiger partial charge in [0.25, 0.3) is 0 Å². The van der Waals surface area contributed by atoms with E-state index in [9.17, 15) is 0 Å². The largest absolute Gasteiger partial charge is 0.257 e. The van der Waals surface area contributed by atoms with Gasteiger partial charge in [0.15, 0.2) is 0 Å². The lowest BCUT2D eigenvalue weighted by molar-refractivity contribution is 1.20. The van der Waals surface area contributed by atoms with E-state index in [4.69, 9.17) is 11.8 Å². The fourth-order valence-corrected chi connectivity index (χ4v) is 1.46. The number of para-hydroxylation sites is 1. The quantitative estimate of drug-likeness (QED) is 0.566. The third-order valence-corrected chi connectivity index (χ3v) is 2.27. The standard InChI is InChI=1S/C9H8ClN/c1-7-6-8-4-2-3-5-9(8)11(7)10/h2-6H,1H3. The maximum atomic E-state index is 5.96. The van der Waals surface area contributed by atoms with Crippen LogP contribution in [0.15, 0.2) is 30.3 Å². The number of aryl methyl sites for hydroxylation is 1. The first-order chi connectivity index (χ1) is 5.29. The van der Waals surface area contributed by atoms with Crippen molar-refractivity contribution in [3.8, 4) is 0 Å². The van der Waals surface area contributed by atoms with Crippen LogP contribution in [-0.4, -0.2) is 4.09 Å². The molecule has 2 heteroatoms. The molecule has 2 rings (SSSR count). The minimum Gasteiger partial charge on any atom is -0.257 e. The van der Waals surface area contributed by atoms with Crippen LogP contribution in [0.4, 0.5) is 0 Å². The molecule has 1 aromatic carbocycles. The van der Waals surface area contributed by atoms with Crippen LogP contribution >= 0.6 is 11.8 Å². The van der Waals surface area contributed by atoms with E-state index in [0.29, 0.717) is 0 Å². The molecule has 1 heterocycles.